The largest absolute Gasteiger partial charge is 0.481 e. The molecule has 1 aliphatic heterocycles. The fraction of sp³-hybridized carbons (Fsp3) is 0.583. The fourth-order valence-electron chi connectivity index (χ4n) is 2.05. The smallest absolute Gasteiger partial charge is 0.320 e. The second-order valence-electron chi connectivity index (χ2n) is 4.91. The number of hydrogen-bond donors (Lipinski definition) is 1. The van der Waals surface area contributed by atoms with Gasteiger partial charge < -0.3 is 14.9 Å². The van der Waals surface area contributed by atoms with E-state index >= 15 is 0 Å². The molecule has 1 saturated heterocycles. The molecule has 1 fully saturated rings. The number of thiazole rings is 1. The van der Waals surface area contributed by atoms with Crippen LogP contribution in [0.5, 0.6) is 0 Å². The van der Waals surface area contributed by atoms with Crippen LogP contribution < -0.4 is 0 Å². The van der Waals surface area contributed by atoms with Crippen LogP contribution in [0.2, 0.25) is 0 Å². The molecular weight excluding hydrogens is 266 g/mol. The first kappa shape index (κ1) is 13.8. The second-order valence-corrected chi connectivity index (χ2v) is 5.63. The number of amides is 2. The van der Waals surface area contributed by atoms with Crippen molar-refractivity contribution in [1.29, 1.82) is 0 Å². The molecular formula is C12H17N3O3S. The van der Waals surface area contributed by atoms with Gasteiger partial charge >= 0.3 is 12.0 Å². The summed E-state index contributed by atoms with van der Waals surface area (Å²) in [5, 5.41) is 10.8. The first-order chi connectivity index (χ1) is 8.99. The van der Waals surface area contributed by atoms with E-state index in [1.807, 2.05) is 5.38 Å². The quantitative estimate of drug-likeness (QED) is 0.905. The van der Waals surface area contributed by atoms with E-state index in [1.165, 1.54) is 11.3 Å². The lowest BCUT2D eigenvalue weighted by molar-refractivity contribution is -0.144. The zero-order valence-corrected chi connectivity index (χ0v) is 11.8. The van der Waals surface area contributed by atoms with Gasteiger partial charge in [-0.15, -0.1) is 11.3 Å². The average molecular weight is 283 g/mol. The van der Waals surface area contributed by atoms with Crippen LogP contribution in [-0.2, 0) is 11.3 Å². The maximum atomic E-state index is 12.1. The molecule has 0 aliphatic carbocycles. The van der Waals surface area contributed by atoms with E-state index in [2.05, 4.69) is 4.98 Å². The lowest BCUT2D eigenvalue weighted by atomic mass is 9.87. The van der Waals surface area contributed by atoms with Crippen molar-refractivity contribution in [3.63, 3.8) is 0 Å². The molecule has 7 heteroatoms. The van der Waals surface area contributed by atoms with Gasteiger partial charge in [0.25, 0.3) is 0 Å². The van der Waals surface area contributed by atoms with Crippen LogP contribution in [0.1, 0.15) is 12.6 Å². The molecule has 1 N–H and O–H groups in total. The topological polar surface area (TPSA) is 73.7 Å². The highest BCUT2D eigenvalue weighted by molar-refractivity contribution is 7.07. The zero-order valence-electron chi connectivity index (χ0n) is 10.9. The Bertz CT molecular complexity index is 457. The van der Waals surface area contributed by atoms with Crippen molar-refractivity contribution in [2.75, 3.05) is 20.1 Å². The third kappa shape index (κ3) is 3.04. The maximum absolute atomic E-state index is 12.1. The van der Waals surface area contributed by atoms with Crippen molar-refractivity contribution in [2.24, 2.45) is 11.8 Å². The molecule has 1 aliphatic rings. The van der Waals surface area contributed by atoms with Crippen LogP contribution in [0.3, 0.4) is 0 Å². The minimum Gasteiger partial charge on any atom is -0.481 e. The summed E-state index contributed by atoms with van der Waals surface area (Å²) < 4.78 is 0. The van der Waals surface area contributed by atoms with Crippen LogP contribution in [0, 0.1) is 11.8 Å². The molecule has 1 unspecified atom stereocenters. The van der Waals surface area contributed by atoms with E-state index in [4.69, 9.17) is 5.11 Å². The summed E-state index contributed by atoms with van der Waals surface area (Å²) in [5.74, 6) is -1.13. The van der Waals surface area contributed by atoms with Gasteiger partial charge in [0.2, 0.25) is 0 Å². The number of rotatable bonds is 4. The molecule has 0 saturated carbocycles. The Morgan fingerprint density at radius 3 is 2.84 bits per heavy atom. The third-order valence-electron chi connectivity index (χ3n) is 3.49. The number of aromatic nitrogens is 1. The second kappa shape index (κ2) is 5.56. The minimum absolute atomic E-state index is 0.0640. The first-order valence-electron chi connectivity index (χ1n) is 6.09. The molecule has 0 bridgehead atoms. The van der Waals surface area contributed by atoms with Gasteiger partial charge in [0, 0.05) is 31.4 Å². The Labute approximate surface area is 115 Å². The number of carboxylic acids is 1. The SMILES string of the molecule is CC(C(=O)O)C1CN(C(=O)N(C)Cc2cscn2)C1. The highest BCUT2D eigenvalue weighted by atomic mass is 32.1. The predicted octanol–water partition coefficient (Wildman–Crippen LogP) is 1.35. The average Bonchev–Trinajstić information content (AvgIpc) is 2.79. The monoisotopic (exact) mass is 283 g/mol. The Hall–Kier alpha value is -1.63. The molecule has 0 spiro atoms. The van der Waals surface area contributed by atoms with E-state index in [1.54, 1.807) is 29.3 Å². The molecule has 6 nitrogen and oxygen atoms in total. The maximum Gasteiger partial charge on any atom is 0.320 e. The zero-order chi connectivity index (χ0) is 14.0. The normalized spacial score (nSPS) is 16.8. The van der Waals surface area contributed by atoms with Crippen molar-refractivity contribution in [3.05, 3.63) is 16.6 Å². The van der Waals surface area contributed by atoms with Crippen molar-refractivity contribution >= 4 is 23.3 Å². The van der Waals surface area contributed by atoms with Gasteiger partial charge in [-0.05, 0) is 0 Å². The first-order valence-corrected chi connectivity index (χ1v) is 7.03. The Morgan fingerprint density at radius 1 is 1.63 bits per heavy atom. The lowest BCUT2D eigenvalue weighted by Gasteiger charge is -2.42. The molecule has 104 valence electrons. The van der Waals surface area contributed by atoms with Crippen molar-refractivity contribution in [2.45, 2.75) is 13.5 Å². The molecule has 1 aromatic heterocycles. The number of urea groups is 1. The summed E-state index contributed by atoms with van der Waals surface area (Å²) in [4.78, 5) is 30.3. The number of carbonyl (C=O) groups excluding carboxylic acids is 1. The number of nitrogens with zero attached hydrogens (tertiary/aromatic N) is 3. The summed E-state index contributed by atoms with van der Waals surface area (Å²) in [5.41, 5.74) is 2.61. The summed E-state index contributed by atoms with van der Waals surface area (Å²) >= 11 is 1.50. The molecule has 2 rings (SSSR count). The van der Waals surface area contributed by atoms with Crippen LogP contribution >= 0.6 is 11.3 Å². The predicted molar refractivity (Wildman–Crippen MR) is 70.8 cm³/mol. The van der Waals surface area contributed by atoms with E-state index in [0.29, 0.717) is 19.6 Å². The number of carbonyl (C=O) groups is 2. The van der Waals surface area contributed by atoms with Crippen LogP contribution in [0.25, 0.3) is 0 Å². The van der Waals surface area contributed by atoms with Gasteiger partial charge in [0.05, 0.1) is 23.7 Å². The third-order valence-corrected chi connectivity index (χ3v) is 4.12. The van der Waals surface area contributed by atoms with E-state index in [0.717, 1.165) is 5.69 Å². The van der Waals surface area contributed by atoms with Crippen LogP contribution in [0.4, 0.5) is 4.79 Å². The Balaban J connectivity index is 1.81. The summed E-state index contributed by atoms with van der Waals surface area (Å²) in [6.07, 6.45) is 0. The molecule has 1 atom stereocenters. The van der Waals surface area contributed by atoms with E-state index in [9.17, 15) is 9.59 Å². The van der Waals surface area contributed by atoms with E-state index in [-0.39, 0.29) is 11.9 Å². The van der Waals surface area contributed by atoms with Crippen molar-refractivity contribution in [1.82, 2.24) is 14.8 Å². The van der Waals surface area contributed by atoms with E-state index < -0.39 is 11.9 Å². The van der Waals surface area contributed by atoms with Gasteiger partial charge in [-0.25, -0.2) is 9.78 Å². The Morgan fingerprint density at radius 2 is 2.32 bits per heavy atom. The van der Waals surface area contributed by atoms with Gasteiger partial charge in [0.15, 0.2) is 0 Å². The standard InChI is InChI=1S/C12H17N3O3S/c1-8(11(16)17)9-3-15(4-9)12(18)14(2)5-10-6-19-7-13-10/h6-9H,3-5H2,1-2H3,(H,16,17). The van der Waals surface area contributed by atoms with Crippen molar-refractivity contribution in [3.8, 4) is 0 Å². The highest BCUT2D eigenvalue weighted by Gasteiger charge is 2.38. The van der Waals surface area contributed by atoms with Gasteiger partial charge in [-0.2, -0.15) is 0 Å². The summed E-state index contributed by atoms with van der Waals surface area (Å²) in [6, 6.07) is -0.0677. The van der Waals surface area contributed by atoms with Crippen molar-refractivity contribution < 1.29 is 14.7 Å². The molecule has 0 radical (unpaired) electrons. The number of hydrogen-bond acceptors (Lipinski definition) is 4. The molecule has 2 amide bonds. The van der Waals surface area contributed by atoms with Gasteiger partial charge in [-0.3, -0.25) is 4.79 Å². The number of likely N-dealkylation sites (tertiary alicyclic amines) is 1. The van der Waals surface area contributed by atoms with Gasteiger partial charge in [-0.1, -0.05) is 6.92 Å². The Kier molecular flexibility index (Phi) is 4.04. The highest BCUT2D eigenvalue weighted by Crippen LogP contribution is 2.25. The van der Waals surface area contributed by atoms with Crippen LogP contribution in [-0.4, -0.2) is 52.0 Å². The van der Waals surface area contributed by atoms with Gasteiger partial charge in [0.1, 0.15) is 0 Å². The number of carboxylic acid groups (broad SMARTS) is 1. The summed E-state index contributed by atoms with van der Waals surface area (Å²) in [6.45, 7) is 3.22. The fourth-order valence-corrected chi connectivity index (χ4v) is 2.60. The lowest BCUT2D eigenvalue weighted by Crippen LogP contribution is -2.56. The minimum atomic E-state index is -0.798. The molecule has 2 heterocycles. The summed E-state index contributed by atoms with van der Waals surface area (Å²) in [7, 11) is 1.73. The molecule has 0 aromatic carbocycles. The van der Waals surface area contributed by atoms with Crippen LogP contribution in [0.15, 0.2) is 10.9 Å². The number of aliphatic carboxylic acids is 1. The molecule has 1 aromatic rings. The molecule has 19 heavy (non-hydrogen) atoms.